The zero-order chi connectivity index (χ0) is 15.7. The van der Waals surface area contributed by atoms with Crippen molar-refractivity contribution in [1.29, 1.82) is 0 Å². The summed E-state index contributed by atoms with van der Waals surface area (Å²) in [4.78, 5) is 19.6. The van der Waals surface area contributed by atoms with Crippen molar-refractivity contribution >= 4 is 5.91 Å². The van der Waals surface area contributed by atoms with E-state index in [2.05, 4.69) is 20.4 Å². The molecular formula is C14H17F2N5O. The number of alkyl halides is 2. The quantitative estimate of drug-likeness (QED) is 0.898. The first kappa shape index (κ1) is 14.7. The van der Waals surface area contributed by atoms with Crippen molar-refractivity contribution in [3.8, 4) is 0 Å². The second kappa shape index (κ2) is 5.86. The molecule has 2 N–H and O–H groups in total. The Bertz CT molecular complexity index is 679. The number of hydrogen-bond donors (Lipinski definition) is 2. The fraction of sp³-hybridized carbons (Fsp3) is 0.500. The predicted molar refractivity (Wildman–Crippen MR) is 74.8 cm³/mol. The number of imidazole rings is 1. The molecular weight excluding hydrogens is 292 g/mol. The number of carbonyl (C=O) groups is 1. The van der Waals surface area contributed by atoms with Crippen LogP contribution in [0.5, 0.6) is 0 Å². The highest BCUT2D eigenvalue weighted by Crippen LogP contribution is 2.18. The number of rotatable bonds is 4. The molecule has 22 heavy (non-hydrogen) atoms. The van der Waals surface area contributed by atoms with Gasteiger partial charge in [-0.15, -0.1) is 0 Å². The van der Waals surface area contributed by atoms with Crippen LogP contribution in [0, 0.1) is 6.92 Å². The minimum absolute atomic E-state index is 0.0123. The number of hydrogen-bond acceptors (Lipinski definition) is 3. The van der Waals surface area contributed by atoms with Gasteiger partial charge in [-0.3, -0.25) is 9.48 Å². The van der Waals surface area contributed by atoms with Gasteiger partial charge in [-0.25, -0.2) is 13.8 Å². The van der Waals surface area contributed by atoms with E-state index in [0.717, 1.165) is 28.9 Å². The summed E-state index contributed by atoms with van der Waals surface area (Å²) >= 11 is 0. The highest BCUT2D eigenvalue weighted by atomic mass is 19.3. The predicted octanol–water partition coefficient (Wildman–Crippen LogP) is 1.47. The molecule has 2 heterocycles. The van der Waals surface area contributed by atoms with Gasteiger partial charge in [-0.05, 0) is 19.8 Å². The van der Waals surface area contributed by atoms with E-state index in [4.69, 9.17) is 0 Å². The molecule has 0 unspecified atom stereocenters. The molecule has 0 fully saturated rings. The number of aryl methyl sites for hydroxylation is 2. The summed E-state index contributed by atoms with van der Waals surface area (Å²) in [5.41, 5.74) is 2.89. The standard InChI is InChI=1S/C14H17F2N5O/c1-8-10(5-21(20-8)6-13(15)16)14(22)19-9-2-3-11-12(4-9)18-7-17-11/h5,7,9,13H,2-4,6H2,1H3,(H,17,18)(H,19,22)/t9-/m0/s1. The SMILES string of the molecule is Cc1nn(CC(F)F)cc1C(=O)N[C@H]1CCc2nc[nH]c2C1. The van der Waals surface area contributed by atoms with Crippen LogP contribution in [0.25, 0.3) is 0 Å². The average Bonchev–Trinajstić information content (AvgIpc) is 3.04. The summed E-state index contributed by atoms with van der Waals surface area (Å²) in [6.45, 7) is 1.14. The lowest BCUT2D eigenvalue weighted by Crippen LogP contribution is -2.39. The Morgan fingerprint density at radius 1 is 1.59 bits per heavy atom. The maximum atomic E-state index is 12.4. The highest BCUT2D eigenvalue weighted by molar-refractivity contribution is 5.95. The Labute approximate surface area is 125 Å². The Morgan fingerprint density at radius 2 is 2.41 bits per heavy atom. The minimum Gasteiger partial charge on any atom is -0.349 e. The molecule has 1 aliphatic rings. The monoisotopic (exact) mass is 309 g/mol. The number of aromatic nitrogens is 4. The van der Waals surface area contributed by atoms with E-state index in [-0.39, 0.29) is 11.9 Å². The Hall–Kier alpha value is -2.25. The number of H-pyrrole nitrogens is 1. The minimum atomic E-state index is -2.49. The smallest absolute Gasteiger partial charge is 0.257 e. The number of nitrogens with zero attached hydrogens (tertiary/aromatic N) is 3. The van der Waals surface area contributed by atoms with Gasteiger partial charge in [0.2, 0.25) is 0 Å². The highest BCUT2D eigenvalue weighted by Gasteiger charge is 2.24. The van der Waals surface area contributed by atoms with Crippen LogP contribution in [0.1, 0.15) is 33.9 Å². The van der Waals surface area contributed by atoms with Crippen LogP contribution in [0.4, 0.5) is 8.78 Å². The summed E-state index contributed by atoms with van der Waals surface area (Å²) in [7, 11) is 0. The number of carbonyl (C=O) groups excluding carboxylic acids is 1. The zero-order valence-corrected chi connectivity index (χ0v) is 12.1. The average molecular weight is 309 g/mol. The fourth-order valence-electron chi connectivity index (χ4n) is 2.76. The van der Waals surface area contributed by atoms with Gasteiger partial charge in [0.15, 0.2) is 0 Å². The molecule has 1 atom stereocenters. The lowest BCUT2D eigenvalue weighted by atomic mass is 9.96. The molecule has 2 aromatic rings. The Balaban J connectivity index is 1.66. The first-order chi connectivity index (χ1) is 10.5. The molecule has 3 rings (SSSR count). The summed E-state index contributed by atoms with van der Waals surface area (Å²) in [6.07, 6.45) is 2.87. The molecule has 0 saturated heterocycles. The summed E-state index contributed by atoms with van der Waals surface area (Å²) in [5.74, 6) is -0.272. The Morgan fingerprint density at radius 3 is 3.18 bits per heavy atom. The third-order valence-electron chi connectivity index (χ3n) is 3.84. The third-order valence-corrected chi connectivity index (χ3v) is 3.84. The van der Waals surface area contributed by atoms with E-state index in [1.54, 1.807) is 13.3 Å². The van der Waals surface area contributed by atoms with E-state index in [1.807, 2.05) is 0 Å². The molecule has 2 aromatic heterocycles. The van der Waals surface area contributed by atoms with Gasteiger partial charge in [0.05, 0.1) is 23.3 Å². The van der Waals surface area contributed by atoms with Crippen LogP contribution >= 0.6 is 0 Å². The van der Waals surface area contributed by atoms with Crippen molar-refractivity contribution in [1.82, 2.24) is 25.1 Å². The Kier molecular flexibility index (Phi) is 3.91. The summed E-state index contributed by atoms with van der Waals surface area (Å²) in [6, 6.07) is 0.0123. The summed E-state index contributed by atoms with van der Waals surface area (Å²) in [5, 5.41) is 6.90. The topological polar surface area (TPSA) is 75.6 Å². The van der Waals surface area contributed by atoms with Crippen molar-refractivity contribution in [3.63, 3.8) is 0 Å². The molecule has 0 bridgehead atoms. The molecule has 6 nitrogen and oxygen atoms in total. The molecule has 0 aliphatic heterocycles. The molecule has 0 spiro atoms. The van der Waals surface area contributed by atoms with E-state index in [0.29, 0.717) is 17.7 Å². The third kappa shape index (κ3) is 3.00. The maximum Gasteiger partial charge on any atom is 0.257 e. The van der Waals surface area contributed by atoms with Crippen LogP contribution in [0.2, 0.25) is 0 Å². The van der Waals surface area contributed by atoms with Crippen molar-refractivity contribution < 1.29 is 13.6 Å². The zero-order valence-electron chi connectivity index (χ0n) is 12.1. The van der Waals surface area contributed by atoms with E-state index < -0.39 is 13.0 Å². The van der Waals surface area contributed by atoms with Crippen LogP contribution in [0.15, 0.2) is 12.5 Å². The number of aromatic amines is 1. The summed E-state index contributed by atoms with van der Waals surface area (Å²) < 4.78 is 25.9. The van der Waals surface area contributed by atoms with Crippen molar-refractivity contribution in [2.45, 2.75) is 45.2 Å². The van der Waals surface area contributed by atoms with Crippen molar-refractivity contribution in [2.75, 3.05) is 0 Å². The molecule has 0 radical (unpaired) electrons. The van der Waals surface area contributed by atoms with Gasteiger partial charge < -0.3 is 10.3 Å². The van der Waals surface area contributed by atoms with Gasteiger partial charge in [0, 0.05) is 24.4 Å². The number of amides is 1. The molecule has 118 valence electrons. The maximum absolute atomic E-state index is 12.4. The fourth-order valence-corrected chi connectivity index (χ4v) is 2.76. The largest absolute Gasteiger partial charge is 0.349 e. The number of halogens is 2. The molecule has 8 heteroatoms. The van der Waals surface area contributed by atoms with E-state index in [9.17, 15) is 13.6 Å². The lowest BCUT2D eigenvalue weighted by Gasteiger charge is -2.22. The molecule has 1 amide bonds. The van der Waals surface area contributed by atoms with Crippen LogP contribution in [0.3, 0.4) is 0 Å². The second-order valence-corrected chi connectivity index (χ2v) is 5.48. The molecule has 0 aromatic carbocycles. The van der Waals surface area contributed by atoms with E-state index in [1.165, 1.54) is 6.20 Å². The number of fused-ring (bicyclic) bond motifs is 1. The van der Waals surface area contributed by atoms with Crippen molar-refractivity contribution in [3.05, 3.63) is 35.2 Å². The number of nitrogens with one attached hydrogen (secondary N) is 2. The second-order valence-electron chi connectivity index (χ2n) is 5.48. The first-order valence-electron chi connectivity index (χ1n) is 7.17. The van der Waals surface area contributed by atoms with Gasteiger partial charge in [0.1, 0.15) is 6.54 Å². The van der Waals surface area contributed by atoms with Gasteiger partial charge >= 0.3 is 0 Å². The van der Waals surface area contributed by atoms with Crippen LogP contribution in [-0.4, -0.2) is 38.1 Å². The molecule has 0 saturated carbocycles. The lowest BCUT2D eigenvalue weighted by molar-refractivity contribution is 0.0931. The molecule has 1 aliphatic carbocycles. The van der Waals surface area contributed by atoms with Crippen molar-refractivity contribution in [2.24, 2.45) is 0 Å². The first-order valence-corrected chi connectivity index (χ1v) is 7.17. The normalized spacial score (nSPS) is 17.5. The van der Waals surface area contributed by atoms with Gasteiger partial charge in [0.25, 0.3) is 12.3 Å². The van der Waals surface area contributed by atoms with E-state index >= 15 is 0 Å². The van der Waals surface area contributed by atoms with Crippen LogP contribution in [-0.2, 0) is 19.4 Å². The van der Waals surface area contributed by atoms with Crippen LogP contribution < -0.4 is 5.32 Å². The van der Waals surface area contributed by atoms with Gasteiger partial charge in [-0.2, -0.15) is 5.10 Å². The van der Waals surface area contributed by atoms with Gasteiger partial charge in [-0.1, -0.05) is 0 Å².